The Hall–Kier alpha value is -1.31. The van der Waals surface area contributed by atoms with Gasteiger partial charge in [-0.2, -0.15) is 8.78 Å². The normalized spacial score (nSPS) is 11.6. The van der Waals surface area contributed by atoms with Crippen LogP contribution >= 0.6 is 23.4 Å². The number of para-hydroxylation sites is 1. The first kappa shape index (κ1) is 16.1. The minimum atomic E-state index is -3.86. The molecular formula is C13H10ClF2NO2S2. The molecule has 0 bridgehead atoms. The number of sulfonamides is 1. The van der Waals surface area contributed by atoms with Crippen molar-refractivity contribution in [3.05, 3.63) is 53.6 Å². The molecule has 1 N–H and O–H groups in total. The van der Waals surface area contributed by atoms with E-state index in [1.807, 2.05) is 0 Å². The Bertz CT molecular complexity index is 721. The number of nitrogens with one attached hydrogen (secondary N) is 1. The molecule has 0 saturated carbocycles. The second kappa shape index (κ2) is 6.64. The van der Waals surface area contributed by atoms with Gasteiger partial charge in [0.05, 0.1) is 10.6 Å². The molecule has 2 aromatic carbocycles. The van der Waals surface area contributed by atoms with E-state index < -0.39 is 15.8 Å². The molecule has 0 unspecified atom stereocenters. The molecule has 0 heterocycles. The molecule has 2 rings (SSSR count). The fourth-order valence-corrected chi connectivity index (χ4v) is 3.43. The van der Waals surface area contributed by atoms with Crippen LogP contribution in [0.3, 0.4) is 0 Å². The summed E-state index contributed by atoms with van der Waals surface area (Å²) in [6, 6.07) is 11.5. The highest BCUT2D eigenvalue weighted by atomic mass is 35.5. The first-order valence-electron chi connectivity index (χ1n) is 5.71. The third-order valence-electron chi connectivity index (χ3n) is 2.47. The van der Waals surface area contributed by atoms with Crippen molar-refractivity contribution in [1.82, 2.24) is 0 Å². The Balaban J connectivity index is 2.30. The molecule has 2 aromatic rings. The zero-order valence-corrected chi connectivity index (χ0v) is 12.9. The maximum Gasteiger partial charge on any atom is 0.288 e. The van der Waals surface area contributed by atoms with Gasteiger partial charge >= 0.3 is 0 Å². The van der Waals surface area contributed by atoms with E-state index in [0.29, 0.717) is 5.02 Å². The summed E-state index contributed by atoms with van der Waals surface area (Å²) in [4.78, 5) is 0.161. The average molecular weight is 350 g/mol. The second-order valence-corrected chi connectivity index (χ2v) is 7.08. The van der Waals surface area contributed by atoms with Gasteiger partial charge in [-0.05, 0) is 36.4 Å². The van der Waals surface area contributed by atoms with Crippen LogP contribution < -0.4 is 4.72 Å². The Morgan fingerprint density at radius 3 is 2.29 bits per heavy atom. The molecule has 21 heavy (non-hydrogen) atoms. The Kier molecular flexibility index (Phi) is 5.08. The van der Waals surface area contributed by atoms with Crippen LogP contribution in [0.4, 0.5) is 14.5 Å². The average Bonchev–Trinajstić information content (AvgIpc) is 2.40. The molecule has 0 amide bonds. The summed E-state index contributed by atoms with van der Waals surface area (Å²) >= 11 is 5.98. The van der Waals surface area contributed by atoms with E-state index in [4.69, 9.17) is 11.6 Å². The molecule has 0 spiro atoms. The lowest BCUT2D eigenvalue weighted by molar-refractivity contribution is 0.252. The summed E-state index contributed by atoms with van der Waals surface area (Å²) in [5.74, 6) is -2.63. The lowest BCUT2D eigenvalue weighted by atomic mass is 10.3. The van der Waals surface area contributed by atoms with Crippen molar-refractivity contribution in [2.24, 2.45) is 0 Å². The summed E-state index contributed by atoms with van der Waals surface area (Å²) in [5, 5.41) is 0.405. The van der Waals surface area contributed by atoms with E-state index in [1.54, 1.807) is 12.1 Å². The summed E-state index contributed by atoms with van der Waals surface area (Å²) in [6.45, 7) is 0. The van der Waals surface area contributed by atoms with Gasteiger partial charge in [0.1, 0.15) is 0 Å². The van der Waals surface area contributed by atoms with Crippen molar-refractivity contribution in [3.8, 4) is 0 Å². The highest BCUT2D eigenvalue weighted by molar-refractivity contribution is 7.99. The number of benzene rings is 2. The first-order chi connectivity index (χ1) is 9.88. The topological polar surface area (TPSA) is 46.2 Å². The van der Waals surface area contributed by atoms with Crippen molar-refractivity contribution in [2.75, 3.05) is 4.72 Å². The van der Waals surface area contributed by atoms with E-state index in [1.165, 1.54) is 36.4 Å². The summed E-state index contributed by atoms with van der Waals surface area (Å²) in [6.07, 6.45) is 0. The molecule has 0 aliphatic rings. The molecule has 112 valence electrons. The van der Waals surface area contributed by atoms with Crippen molar-refractivity contribution in [2.45, 2.75) is 15.5 Å². The largest absolute Gasteiger partial charge is 0.288 e. The number of anilines is 1. The van der Waals surface area contributed by atoms with Crippen LogP contribution in [-0.4, -0.2) is 14.2 Å². The number of thioether (sulfide) groups is 1. The zero-order chi connectivity index (χ0) is 15.5. The van der Waals surface area contributed by atoms with E-state index in [9.17, 15) is 17.2 Å². The molecule has 0 aromatic heterocycles. The second-order valence-electron chi connectivity index (χ2n) is 3.93. The Labute approximate surface area is 130 Å². The van der Waals surface area contributed by atoms with Crippen molar-refractivity contribution in [1.29, 1.82) is 0 Å². The first-order valence-corrected chi connectivity index (χ1v) is 8.45. The lowest BCUT2D eigenvalue weighted by Gasteiger charge is -2.12. The maximum absolute atomic E-state index is 12.5. The van der Waals surface area contributed by atoms with Crippen molar-refractivity contribution in [3.63, 3.8) is 0 Å². The molecule has 0 aliphatic heterocycles. The number of halogens is 3. The van der Waals surface area contributed by atoms with Gasteiger partial charge < -0.3 is 0 Å². The van der Waals surface area contributed by atoms with Crippen molar-refractivity contribution >= 4 is 39.1 Å². The van der Waals surface area contributed by atoms with Gasteiger partial charge in [-0.1, -0.05) is 35.5 Å². The van der Waals surface area contributed by atoms with Crippen LogP contribution in [0.1, 0.15) is 0 Å². The predicted octanol–water partition coefficient (Wildman–Crippen LogP) is 4.46. The minimum Gasteiger partial charge on any atom is -0.278 e. The number of hydrogen-bond donors (Lipinski definition) is 1. The fourth-order valence-electron chi connectivity index (χ4n) is 1.57. The zero-order valence-electron chi connectivity index (χ0n) is 10.5. The molecule has 0 fully saturated rings. The number of rotatable bonds is 5. The van der Waals surface area contributed by atoms with E-state index in [2.05, 4.69) is 4.72 Å². The molecule has 0 saturated heterocycles. The van der Waals surface area contributed by atoms with Gasteiger partial charge in [0, 0.05) is 9.92 Å². The lowest BCUT2D eigenvalue weighted by Crippen LogP contribution is -2.13. The van der Waals surface area contributed by atoms with Crippen LogP contribution in [-0.2, 0) is 10.0 Å². The molecule has 8 heteroatoms. The highest BCUT2D eigenvalue weighted by Gasteiger charge is 2.17. The molecular weight excluding hydrogens is 340 g/mol. The van der Waals surface area contributed by atoms with Crippen LogP contribution in [0.25, 0.3) is 0 Å². The number of hydrogen-bond acceptors (Lipinski definition) is 3. The van der Waals surface area contributed by atoms with E-state index in [-0.39, 0.29) is 27.2 Å². The maximum atomic E-state index is 12.5. The van der Waals surface area contributed by atoms with Crippen LogP contribution in [0.5, 0.6) is 0 Å². The van der Waals surface area contributed by atoms with Gasteiger partial charge in [0.15, 0.2) is 0 Å². The molecule has 0 radical (unpaired) electrons. The van der Waals surface area contributed by atoms with E-state index in [0.717, 1.165) is 0 Å². The summed E-state index contributed by atoms with van der Waals surface area (Å²) < 4.78 is 51.6. The van der Waals surface area contributed by atoms with Gasteiger partial charge in [-0.15, -0.1) is 0 Å². The number of alkyl halides is 2. The molecule has 3 nitrogen and oxygen atoms in total. The predicted molar refractivity (Wildman–Crippen MR) is 80.6 cm³/mol. The summed E-state index contributed by atoms with van der Waals surface area (Å²) in [5.41, 5.74) is 0.109. The highest BCUT2D eigenvalue weighted by Crippen LogP contribution is 2.32. The van der Waals surface area contributed by atoms with Crippen molar-refractivity contribution < 1.29 is 17.2 Å². The molecule has 0 atom stereocenters. The van der Waals surface area contributed by atoms with Gasteiger partial charge in [0.25, 0.3) is 15.8 Å². The summed E-state index contributed by atoms with van der Waals surface area (Å²) in [7, 11) is -3.86. The minimum absolute atomic E-state index is 0.00347. The quantitative estimate of drug-likeness (QED) is 0.811. The third-order valence-corrected chi connectivity index (χ3v) is 4.89. The Morgan fingerprint density at radius 1 is 1.05 bits per heavy atom. The SMILES string of the molecule is O=S(=O)(Nc1ccccc1SC(F)F)c1ccc(Cl)cc1. The smallest absolute Gasteiger partial charge is 0.278 e. The molecule has 0 aliphatic carbocycles. The van der Waals surface area contributed by atoms with Gasteiger partial charge in [-0.25, -0.2) is 8.42 Å². The fraction of sp³-hybridized carbons (Fsp3) is 0.0769. The van der Waals surface area contributed by atoms with Crippen LogP contribution in [0, 0.1) is 0 Å². The standard InChI is InChI=1S/C13H10ClF2NO2S2/c14-9-5-7-10(8-6-9)21(18,19)17-11-3-1-2-4-12(11)20-13(15)16/h1-8,13,17H. The van der Waals surface area contributed by atoms with Gasteiger partial charge in [-0.3, -0.25) is 4.72 Å². The van der Waals surface area contributed by atoms with Gasteiger partial charge in [0.2, 0.25) is 0 Å². The monoisotopic (exact) mass is 349 g/mol. The van der Waals surface area contributed by atoms with Crippen LogP contribution in [0.2, 0.25) is 5.02 Å². The third kappa shape index (κ3) is 4.33. The Morgan fingerprint density at radius 2 is 1.67 bits per heavy atom. The van der Waals surface area contributed by atoms with Crippen LogP contribution in [0.15, 0.2) is 58.3 Å². The van der Waals surface area contributed by atoms with E-state index >= 15 is 0 Å².